The van der Waals surface area contributed by atoms with Gasteiger partial charge in [-0.05, 0) is 159 Å². The minimum absolute atomic E-state index is 0.610. The number of fused-ring (bicyclic) bond motifs is 8. The Labute approximate surface area is 705 Å². The Bertz CT molecular complexity index is 7750. The third-order valence-corrected chi connectivity index (χ3v) is 22.7. The van der Waals surface area contributed by atoms with E-state index in [9.17, 15) is 0 Å². The van der Waals surface area contributed by atoms with Gasteiger partial charge in [-0.15, -0.1) is 0 Å². The van der Waals surface area contributed by atoms with E-state index < -0.39 is 0 Å². The van der Waals surface area contributed by atoms with Crippen molar-refractivity contribution in [2.24, 2.45) is 0 Å². The highest BCUT2D eigenvalue weighted by atomic mass is 15.0. The highest BCUT2D eigenvalue weighted by molar-refractivity contribution is 6.11. The molecule has 0 unspecified atom stereocenters. The average Bonchev–Trinajstić information content (AvgIpc) is 0.799. The molecule has 122 heavy (non-hydrogen) atoms. The molecule has 0 amide bonds. The van der Waals surface area contributed by atoms with Crippen molar-refractivity contribution >= 4 is 65.3 Å². The molecule has 0 atom stereocenters. The number of nitrogens with zero attached hydrogens (tertiary/aromatic N) is 11. The summed E-state index contributed by atoms with van der Waals surface area (Å²) in [5.41, 5.74) is 31.4. The van der Waals surface area contributed by atoms with Gasteiger partial charge in [-0.3, -0.25) is 19.9 Å². The second-order valence-corrected chi connectivity index (χ2v) is 30.6. The average molecular weight is 1560 g/mol. The first-order chi connectivity index (χ1) is 60.2. The minimum atomic E-state index is 0.610. The maximum atomic E-state index is 5.20. The van der Waals surface area contributed by atoms with E-state index in [4.69, 9.17) is 44.9 Å². The fourth-order valence-corrected chi connectivity index (χ4v) is 16.6. The molecule has 0 saturated heterocycles. The molecular weight excluding hydrogens is 1490 g/mol. The largest absolute Gasteiger partial charge is 0.264 e. The maximum absolute atomic E-state index is 5.20. The molecule has 14 aromatic carbocycles. The molecule has 572 valence electrons. The Kier molecular flexibility index (Phi) is 19.2. The molecule has 0 fully saturated rings. The second kappa shape index (κ2) is 31.9. The molecule has 0 aliphatic heterocycles. The Balaban J connectivity index is 0.000000150. The van der Waals surface area contributed by atoms with Crippen molar-refractivity contribution in [1.82, 2.24) is 54.8 Å². The van der Waals surface area contributed by atoms with Crippen LogP contribution in [0.25, 0.3) is 223 Å². The first kappa shape index (κ1) is 73.3. The maximum Gasteiger partial charge on any atom is 0.164 e. The molecule has 22 rings (SSSR count). The molecule has 0 saturated carbocycles. The lowest BCUT2D eigenvalue weighted by Gasteiger charge is -2.13. The Morgan fingerprint density at radius 2 is 0.566 bits per heavy atom. The van der Waals surface area contributed by atoms with E-state index in [1.807, 2.05) is 116 Å². The van der Waals surface area contributed by atoms with Gasteiger partial charge in [0.25, 0.3) is 0 Å². The standard InChI is InChI=1S/C56H37N5.C55H36N6/c1-36-32-49(48-29-27-41-28-30-50(38-12-4-2-5-13-38)59-54(41)55(48)58-36)44-18-8-16-42(33-44)37-23-25-40(26-24-37)53-35-52(39-14-6-3-7-15-39)60-56(61-53)45-19-9-17-43(34-45)46-20-10-22-51-47(46)21-11-31-57-51;1-35-31-49(48-27-25-39-26-28-50(38-11-4-2-5-12-38)58-51(39)52(48)57-35)37-23-21-36(22-24-37)41-15-8-17-43(32-41)54-59-53(40-13-6-3-7-14-40)60-55(61-54)44-18-9-16-42(33-44)46-20-10-19-45-34-56-30-29-47(45)46/h2-35H,1H3;2-34H,1H3. The molecule has 0 bridgehead atoms. The molecular formula is C111H73N11. The van der Waals surface area contributed by atoms with Crippen LogP contribution in [0.3, 0.4) is 0 Å². The van der Waals surface area contributed by atoms with Crippen LogP contribution in [0.1, 0.15) is 11.4 Å². The van der Waals surface area contributed by atoms with E-state index in [2.05, 4.69) is 315 Å². The highest BCUT2D eigenvalue weighted by Gasteiger charge is 2.21. The van der Waals surface area contributed by atoms with E-state index >= 15 is 0 Å². The van der Waals surface area contributed by atoms with Gasteiger partial charge < -0.3 is 0 Å². The monoisotopic (exact) mass is 1560 g/mol. The molecule has 22 aromatic rings. The smallest absolute Gasteiger partial charge is 0.164 e. The van der Waals surface area contributed by atoms with Crippen LogP contribution in [0, 0.1) is 13.8 Å². The molecule has 0 aliphatic carbocycles. The van der Waals surface area contributed by atoms with Crippen LogP contribution in [0.15, 0.2) is 407 Å². The Hall–Kier alpha value is -16.4. The summed E-state index contributed by atoms with van der Waals surface area (Å²) in [4.78, 5) is 54.8. The quantitative estimate of drug-likeness (QED) is 0.0960. The van der Waals surface area contributed by atoms with Crippen LogP contribution in [0.2, 0.25) is 0 Å². The van der Waals surface area contributed by atoms with Gasteiger partial charge in [-0.1, -0.05) is 315 Å². The predicted octanol–water partition coefficient (Wildman–Crippen LogP) is 27.6. The number of hydrogen-bond donors (Lipinski definition) is 0. The minimum Gasteiger partial charge on any atom is -0.264 e. The van der Waals surface area contributed by atoms with Gasteiger partial charge in [0, 0.05) is 107 Å². The normalized spacial score (nSPS) is 11.4. The fourth-order valence-electron chi connectivity index (χ4n) is 16.6. The van der Waals surface area contributed by atoms with E-state index in [-0.39, 0.29) is 0 Å². The molecule has 11 nitrogen and oxygen atoms in total. The summed E-state index contributed by atoms with van der Waals surface area (Å²) in [6.45, 7) is 4.12. The van der Waals surface area contributed by atoms with Crippen molar-refractivity contribution in [3.8, 4) is 157 Å². The number of aryl methyl sites for hydroxylation is 2. The van der Waals surface area contributed by atoms with Crippen LogP contribution < -0.4 is 0 Å². The molecule has 0 aliphatic rings. The topological polar surface area (TPSA) is 142 Å². The number of rotatable bonds is 14. The highest BCUT2D eigenvalue weighted by Crippen LogP contribution is 2.41. The van der Waals surface area contributed by atoms with Crippen molar-refractivity contribution in [2.75, 3.05) is 0 Å². The van der Waals surface area contributed by atoms with Crippen molar-refractivity contribution in [3.05, 3.63) is 418 Å². The molecule has 0 radical (unpaired) electrons. The third-order valence-electron chi connectivity index (χ3n) is 22.7. The fraction of sp³-hybridized carbons (Fsp3) is 0.0180. The lowest BCUT2D eigenvalue weighted by atomic mass is 9.95. The van der Waals surface area contributed by atoms with Gasteiger partial charge >= 0.3 is 0 Å². The second-order valence-electron chi connectivity index (χ2n) is 30.6. The first-order valence-electron chi connectivity index (χ1n) is 40.8. The van der Waals surface area contributed by atoms with E-state index in [1.54, 1.807) is 0 Å². The summed E-state index contributed by atoms with van der Waals surface area (Å²) in [5.74, 6) is 2.52. The lowest BCUT2D eigenvalue weighted by molar-refractivity contribution is 1.07. The summed E-state index contributed by atoms with van der Waals surface area (Å²) in [7, 11) is 0. The molecule has 8 aromatic heterocycles. The van der Waals surface area contributed by atoms with Crippen LogP contribution >= 0.6 is 0 Å². The SMILES string of the molecule is Cc1cc(-c2ccc(-c3cccc(-c4nc(-c5ccccc5)nc(-c5cccc(-c6cccc7cnccc67)c5)n4)c3)cc2)c2ccc3ccc(-c4ccccc4)nc3c2n1.Cc1cc(-c2cccc(-c3ccc(-c4cc(-c5ccccc5)nc(-c5cccc(-c6cccc7ncccc67)c5)n4)cc3)c2)c2ccc3ccc(-c4ccccc4)nc3c2n1. The summed E-state index contributed by atoms with van der Waals surface area (Å²) >= 11 is 0. The summed E-state index contributed by atoms with van der Waals surface area (Å²) in [5, 5.41) is 7.65. The van der Waals surface area contributed by atoms with Crippen LogP contribution in [0.5, 0.6) is 0 Å². The lowest BCUT2D eigenvalue weighted by Crippen LogP contribution is -2.00. The summed E-state index contributed by atoms with van der Waals surface area (Å²) in [6.07, 6.45) is 5.58. The zero-order valence-electron chi connectivity index (χ0n) is 66.6. The van der Waals surface area contributed by atoms with Crippen LogP contribution in [-0.2, 0) is 0 Å². The Morgan fingerprint density at radius 3 is 1.10 bits per heavy atom. The third kappa shape index (κ3) is 14.6. The number of hydrogen-bond acceptors (Lipinski definition) is 11. The number of benzene rings is 14. The van der Waals surface area contributed by atoms with Crippen LogP contribution in [0.4, 0.5) is 0 Å². The first-order valence-corrected chi connectivity index (χ1v) is 40.8. The molecule has 11 heteroatoms. The van der Waals surface area contributed by atoms with Gasteiger partial charge in [0.05, 0.1) is 50.4 Å². The number of pyridine rings is 6. The van der Waals surface area contributed by atoms with Gasteiger partial charge in [-0.2, -0.15) is 0 Å². The van der Waals surface area contributed by atoms with E-state index in [1.165, 1.54) is 0 Å². The summed E-state index contributed by atoms with van der Waals surface area (Å²) < 4.78 is 0. The van der Waals surface area contributed by atoms with Gasteiger partial charge in [0.1, 0.15) is 0 Å². The van der Waals surface area contributed by atoms with Crippen molar-refractivity contribution in [3.63, 3.8) is 0 Å². The van der Waals surface area contributed by atoms with Gasteiger partial charge in [0.15, 0.2) is 23.3 Å². The molecule has 0 spiro atoms. The molecule has 0 N–H and O–H groups in total. The van der Waals surface area contributed by atoms with Crippen molar-refractivity contribution < 1.29 is 0 Å². The van der Waals surface area contributed by atoms with E-state index in [0.717, 1.165) is 211 Å². The zero-order valence-corrected chi connectivity index (χ0v) is 66.6. The van der Waals surface area contributed by atoms with Gasteiger partial charge in [0.2, 0.25) is 0 Å². The zero-order chi connectivity index (χ0) is 81.4. The van der Waals surface area contributed by atoms with Crippen molar-refractivity contribution in [1.29, 1.82) is 0 Å². The predicted molar refractivity (Wildman–Crippen MR) is 499 cm³/mol. The molecule has 8 heterocycles. The number of aromatic nitrogens is 11. The van der Waals surface area contributed by atoms with E-state index in [0.29, 0.717) is 23.3 Å². The van der Waals surface area contributed by atoms with Gasteiger partial charge in [-0.25, -0.2) is 34.9 Å². The van der Waals surface area contributed by atoms with Crippen LogP contribution in [-0.4, -0.2) is 54.8 Å². The summed E-state index contributed by atoms with van der Waals surface area (Å²) in [6, 6.07) is 135. The van der Waals surface area contributed by atoms with Crippen molar-refractivity contribution in [2.45, 2.75) is 13.8 Å². The Morgan fingerprint density at radius 1 is 0.180 bits per heavy atom.